The van der Waals surface area contributed by atoms with Gasteiger partial charge in [-0.25, -0.2) is 14.9 Å². The van der Waals surface area contributed by atoms with Gasteiger partial charge in [-0.1, -0.05) is 0 Å². The number of piperazine rings is 1. The Kier molecular flexibility index (Phi) is 5.97. The van der Waals surface area contributed by atoms with Crippen molar-refractivity contribution in [3.8, 4) is 17.4 Å². The predicted octanol–water partition coefficient (Wildman–Crippen LogP) is 2.32. The molecule has 1 aromatic carbocycles. The number of amides is 2. The third-order valence-corrected chi connectivity index (χ3v) is 4.84. The highest BCUT2D eigenvalue weighted by Gasteiger charge is 2.23. The quantitative estimate of drug-likeness (QED) is 0.649. The first-order valence-electron chi connectivity index (χ1n) is 9.76. The maximum Gasteiger partial charge on any atom is 0.322 e. The fraction of sp³-hybridized carbons (Fsp3) is 0.238. The normalized spacial score (nSPS) is 13.6. The van der Waals surface area contributed by atoms with Gasteiger partial charge in [0.1, 0.15) is 23.0 Å². The molecule has 0 bridgehead atoms. The van der Waals surface area contributed by atoms with Crippen LogP contribution in [0.3, 0.4) is 0 Å². The summed E-state index contributed by atoms with van der Waals surface area (Å²) in [6.45, 7) is 2.24. The van der Waals surface area contributed by atoms with Gasteiger partial charge in [0.15, 0.2) is 0 Å². The van der Waals surface area contributed by atoms with Crippen LogP contribution in [0.5, 0.6) is 17.4 Å². The summed E-state index contributed by atoms with van der Waals surface area (Å²) in [5.74, 6) is 2.29. The van der Waals surface area contributed by atoms with Crippen molar-refractivity contribution < 1.29 is 14.3 Å². The van der Waals surface area contributed by atoms with Crippen LogP contribution in [0.4, 0.5) is 16.3 Å². The minimum Gasteiger partial charge on any atom is -0.497 e. The Labute approximate surface area is 178 Å². The van der Waals surface area contributed by atoms with E-state index in [4.69, 9.17) is 9.47 Å². The second-order valence-electron chi connectivity index (χ2n) is 6.82. The van der Waals surface area contributed by atoms with Crippen LogP contribution in [0.25, 0.3) is 0 Å². The maximum atomic E-state index is 12.8. The molecule has 10 heteroatoms. The molecule has 31 heavy (non-hydrogen) atoms. The number of nitrogens with zero attached hydrogens (tertiary/aromatic N) is 4. The molecule has 1 saturated heterocycles. The summed E-state index contributed by atoms with van der Waals surface area (Å²) < 4.78 is 11.0. The highest BCUT2D eigenvalue weighted by molar-refractivity contribution is 5.90. The minimum atomic E-state index is -0.245. The van der Waals surface area contributed by atoms with E-state index in [-0.39, 0.29) is 11.6 Å². The Bertz CT molecular complexity index is 1070. The summed E-state index contributed by atoms with van der Waals surface area (Å²) >= 11 is 0. The highest BCUT2D eigenvalue weighted by Crippen LogP contribution is 2.28. The molecule has 10 nitrogen and oxygen atoms in total. The maximum absolute atomic E-state index is 12.8. The molecule has 0 atom stereocenters. The molecule has 1 aliphatic heterocycles. The van der Waals surface area contributed by atoms with Crippen molar-refractivity contribution in [2.45, 2.75) is 0 Å². The van der Waals surface area contributed by atoms with E-state index in [2.05, 4.69) is 20.5 Å². The molecule has 2 amide bonds. The number of methoxy groups -OCH3 is 1. The zero-order valence-electron chi connectivity index (χ0n) is 16.9. The molecule has 0 radical (unpaired) electrons. The zero-order valence-corrected chi connectivity index (χ0v) is 16.9. The lowest BCUT2D eigenvalue weighted by Crippen LogP contribution is -2.50. The number of hydrogen-bond acceptors (Lipinski definition) is 7. The van der Waals surface area contributed by atoms with E-state index in [0.29, 0.717) is 49.3 Å². The molecule has 1 aliphatic rings. The molecule has 3 aromatic rings. The lowest BCUT2D eigenvalue weighted by atomic mass is 10.3. The van der Waals surface area contributed by atoms with Gasteiger partial charge in [-0.05, 0) is 42.5 Å². The Morgan fingerprint density at radius 3 is 2.45 bits per heavy atom. The Morgan fingerprint density at radius 2 is 1.77 bits per heavy atom. The lowest BCUT2D eigenvalue weighted by molar-refractivity contribution is 0.208. The largest absolute Gasteiger partial charge is 0.497 e. The van der Waals surface area contributed by atoms with Gasteiger partial charge in [0.05, 0.1) is 7.11 Å². The van der Waals surface area contributed by atoms with Gasteiger partial charge < -0.3 is 24.6 Å². The first-order chi connectivity index (χ1) is 15.1. The van der Waals surface area contributed by atoms with Crippen LogP contribution in [0.2, 0.25) is 0 Å². The second-order valence-corrected chi connectivity index (χ2v) is 6.82. The van der Waals surface area contributed by atoms with Crippen LogP contribution >= 0.6 is 0 Å². The number of rotatable bonds is 5. The predicted molar refractivity (Wildman–Crippen MR) is 115 cm³/mol. The first-order valence-corrected chi connectivity index (χ1v) is 9.76. The summed E-state index contributed by atoms with van der Waals surface area (Å²) in [5.41, 5.74) is 0.235. The smallest absolute Gasteiger partial charge is 0.322 e. The fourth-order valence-corrected chi connectivity index (χ4v) is 3.17. The van der Waals surface area contributed by atoms with Crippen molar-refractivity contribution in [1.82, 2.24) is 20.1 Å². The Hall–Kier alpha value is -4.08. The van der Waals surface area contributed by atoms with Crippen molar-refractivity contribution in [2.75, 3.05) is 43.5 Å². The highest BCUT2D eigenvalue weighted by atomic mass is 16.5. The zero-order chi connectivity index (χ0) is 21.6. The van der Waals surface area contributed by atoms with E-state index in [1.807, 2.05) is 4.90 Å². The number of benzene rings is 1. The van der Waals surface area contributed by atoms with Crippen molar-refractivity contribution in [1.29, 1.82) is 0 Å². The number of pyridine rings is 1. The Balaban J connectivity index is 1.37. The number of aromatic amines is 1. The molecule has 2 aromatic heterocycles. The van der Waals surface area contributed by atoms with E-state index < -0.39 is 0 Å². The van der Waals surface area contributed by atoms with E-state index in [1.54, 1.807) is 60.7 Å². The summed E-state index contributed by atoms with van der Waals surface area (Å²) in [6, 6.07) is 13.5. The van der Waals surface area contributed by atoms with Crippen LogP contribution in [0, 0.1) is 0 Å². The minimum absolute atomic E-state index is 0.235. The SMILES string of the molecule is COc1ccc(Oc2ncccc2NC(=O)N2CCN(c3ccc(=O)[nH]n3)CC2)cc1. The van der Waals surface area contributed by atoms with E-state index >= 15 is 0 Å². The van der Waals surface area contributed by atoms with Gasteiger partial charge in [0.25, 0.3) is 5.56 Å². The van der Waals surface area contributed by atoms with Gasteiger partial charge >= 0.3 is 6.03 Å². The van der Waals surface area contributed by atoms with E-state index in [9.17, 15) is 9.59 Å². The topological polar surface area (TPSA) is 113 Å². The lowest BCUT2D eigenvalue weighted by Gasteiger charge is -2.35. The van der Waals surface area contributed by atoms with Crippen LogP contribution in [-0.2, 0) is 0 Å². The molecule has 0 aliphatic carbocycles. The Morgan fingerprint density at radius 1 is 1.03 bits per heavy atom. The molecular weight excluding hydrogens is 400 g/mol. The van der Waals surface area contributed by atoms with Gasteiger partial charge in [0, 0.05) is 38.4 Å². The number of H-pyrrole nitrogens is 1. The number of ether oxygens (including phenoxy) is 2. The van der Waals surface area contributed by atoms with Crippen molar-refractivity contribution >= 4 is 17.5 Å². The van der Waals surface area contributed by atoms with Crippen molar-refractivity contribution in [3.05, 3.63) is 65.1 Å². The average Bonchev–Trinajstić information content (AvgIpc) is 2.81. The summed E-state index contributed by atoms with van der Waals surface area (Å²) in [7, 11) is 1.60. The molecular formula is C21H22N6O4. The van der Waals surface area contributed by atoms with Crippen LogP contribution in [0.15, 0.2) is 59.5 Å². The number of anilines is 2. The number of nitrogens with one attached hydrogen (secondary N) is 2. The monoisotopic (exact) mass is 422 g/mol. The van der Waals surface area contributed by atoms with Gasteiger partial charge in [-0.2, -0.15) is 5.10 Å². The van der Waals surface area contributed by atoms with E-state index in [0.717, 1.165) is 5.75 Å². The van der Waals surface area contributed by atoms with Crippen LogP contribution in [0.1, 0.15) is 0 Å². The van der Waals surface area contributed by atoms with Gasteiger partial charge in [-0.3, -0.25) is 4.79 Å². The number of urea groups is 1. The third-order valence-electron chi connectivity index (χ3n) is 4.84. The first kappa shape index (κ1) is 20.2. The number of hydrogen-bond donors (Lipinski definition) is 2. The second kappa shape index (κ2) is 9.16. The van der Waals surface area contributed by atoms with Crippen LogP contribution < -0.4 is 25.2 Å². The molecule has 4 rings (SSSR count). The molecule has 160 valence electrons. The molecule has 2 N–H and O–H groups in total. The van der Waals surface area contributed by atoms with Crippen molar-refractivity contribution in [3.63, 3.8) is 0 Å². The number of carbonyl (C=O) groups excluding carboxylic acids is 1. The molecule has 0 unspecified atom stereocenters. The van der Waals surface area contributed by atoms with Gasteiger partial charge in [-0.15, -0.1) is 0 Å². The molecule has 1 fully saturated rings. The molecule has 0 spiro atoms. The number of aromatic nitrogens is 3. The standard InChI is InChI=1S/C21H22N6O4/c1-30-15-4-6-16(7-5-15)31-20-17(3-2-10-22-20)23-21(29)27-13-11-26(12-14-27)18-8-9-19(28)25-24-18/h2-10H,11-14H2,1H3,(H,23,29)(H,25,28). The summed E-state index contributed by atoms with van der Waals surface area (Å²) in [4.78, 5) is 31.9. The average molecular weight is 422 g/mol. The van der Waals surface area contributed by atoms with Crippen LogP contribution in [-0.4, -0.2) is 59.4 Å². The summed E-state index contributed by atoms with van der Waals surface area (Å²) in [5, 5.41) is 9.35. The number of carbonyl (C=O) groups is 1. The summed E-state index contributed by atoms with van der Waals surface area (Å²) in [6.07, 6.45) is 1.60. The van der Waals surface area contributed by atoms with E-state index in [1.165, 1.54) is 6.07 Å². The van der Waals surface area contributed by atoms with Crippen molar-refractivity contribution in [2.24, 2.45) is 0 Å². The fourth-order valence-electron chi connectivity index (χ4n) is 3.17. The molecule has 0 saturated carbocycles. The molecule has 3 heterocycles. The third kappa shape index (κ3) is 4.92. The van der Waals surface area contributed by atoms with Gasteiger partial charge in [0.2, 0.25) is 5.88 Å².